The number of ether oxygens (including phenoxy) is 1. The number of anilines is 1. The fourth-order valence-corrected chi connectivity index (χ4v) is 3.39. The summed E-state index contributed by atoms with van der Waals surface area (Å²) >= 11 is 0. The van der Waals surface area contributed by atoms with Crippen LogP contribution in [-0.4, -0.2) is 97.2 Å². The molecule has 1 aromatic rings. The van der Waals surface area contributed by atoms with Gasteiger partial charge in [0, 0.05) is 37.4 Å². The Morgan fingerprint density at radius 3 is 2.09 bits per heavy atom. The first kappa shape index (κ1) is 27.4. The maximum absolute atomic E-state index is 12.6. The predicted octanol–water partition coefficient (Wildman–Crippen LogP) is 1.51. The molecule has 34 heavy (non-hydrogen) atoms. The number of nitrogens with one attached hydrogen (secondary N) is 2. The van der Waals surface area contributed by atoms with Crippen LogP contribution in [-0.2, 0) is 14.4 Å². The van der Waals surface area contributed by atoms with Crippen LogP contribution in [0.2, 0.25) is 0 Å². The van der Waals surface area contributed by atoms with Gasteiger partial charge >= 0.3 is 6.36 Å². The van der Waals surface area contributed by atoms with Crippen LogP contribution in [0.3, 0.4) is 0 Å². The molecule has 2 rings (SSSR count). The zero-order chi connectivity index (χ0) is 25.5. The minimum Gasteiger partial charge on any atom is -0.406 e. The molecule has 0 unspecified atom stereocenters. The summed E-state index contributed by atoms with van der Waals surface area (Å²) in [6.07, 6.45) is -4.78. The number of piperazine rings is 1. The van der Waals surface area contributed by atoms with Crippen LogP contribution in [0.5, 0.6) is 5.75 Å². The molecule has 1 aliphatic heterocycles. The molecule has 0 saturated carbocycles. The molecule has 1 saturated heterocycles. The number of benzene rings is 1. The lowest BCUT2D eigenvalue weighted by molar-refractivity contribution is -0.274. The Kier molecular flexibility index (Phi) is 9.28. The van der Waals surface area contributed by atoms with E-state index < -0.39 is 12.3 Å². The molecule has 190 valence electrons. The normalized spacial score (nSPS) is 15.2. The highest BCUT2D eigenvalue weighted by Gasteiger charge is 2.31. The lowest BCUT2D eigenvalue weighted by Crippen LogP contribution is -2.54. The Morgan fingerprint density at radius 2 is 1.56 bits per heavy atom. The molecule has 1 aromatic carbocycles. The van der Waals surface area contributed by atoms with Gasteiger partial charge < -0.3 is 20.3 Å². The zero-order valence-corrected chi connectivity index (χ0v) is 19.9. The van der Waals surface area contributed by atoms with Gasteiger partial charge in [-0.2, -0.15) is 0 Å². The van der Waals surface area contributed by atoms with Crippen molar-refractivity contribution in [2.24, 2.45) is 0 Å². The Morgan fingerprint density at radius 1 is 0.971 bits per heavy atom. The zero-order valence-electron chi connectivity index (χ0n) is 19.9. The average Bonchev–Trinajstić information content (AvgIpc) is 2.67. The molecule has 0 radical (unpaired) electrons. The fourth-order valence-electron chi connectivity index (χ4n) is 3.39. The van der Waals surface area contributed by atoms with Crippen LogP contribution < -0.4 is 15.4 Å². The Balaban J connectivity index is 1.71. The summed E-state index contributed by atoms with van der Waals surface area (Å²) < 4.78 is 40.4. The number of hydrogen-bond acceptors (Lipinski definition) is 6. The second-order valence-electron chi connectivity index (χ2n) is 9.25. The van der Waals surface area contributed by atoms with E-state index in [0.29, 0.717) is 31.9 Å². The third-order valence-corrected chi connectivity index (χ3v) is 4.80. The first-order valence-electron chi connectivity index (χ1n) is 10.9. The van der Waals surface area contributed by atoms with Crippen LogP contribution in [0.1, 0.15) is 20.8 Å². The summed E-state index contributed by atoms with van der Waals surface area (Å²) in [5, 5.41) is 5.49. The summed E-state index contributed by atoms with van der Waals surface area (Å²) in [5.41, 5.74) is 0.0161. The van der Waals surface area contributed by atoms with E-state index in [1.807, 2.05) is 25.7 Å². The van der Waals surface area contributed by atoms with Crippen molar-refractivity contribution in [3.05, 3.63) is 24.3 Å². The molecule has 9 nitrogen and oxygen atoms in total. The highest BCUT2D eigenvalue weighted by molar-refractivity contribution is 5.92. The molecule has 1 fully saturated rings. The van der Waals surface area contributed by atoms with Crippen LogP contribution in [0, 0.1) is 0 Å². The number of nitrogens with zero attached hydrogens (tertiary/aromatic N) is 3. The summed E-state index contributed by atoms with van der Waals surface area (Å²) in [4.78, 5) is 42.1. The molecule has 2 N–H and O–H groups in total. The predicted molar refractivity (Wildman–Crippen MR) is 120 cm³/mol. The number of carbonyl (C=O) groups is 3. The topological polar surface area (TPSA) is 94.2 Å². The van der Waals surface area contributed by atoms with Gasteiger partial charge in [-0.05, 0) is 52.1 Å². The van der Waals surface area contributed by atoms with Crippen molar-refractivity contribution < 1.29 is 32.3 Å². The maximum Gasteiger partial charge on any atom is 0.573 e. The van der Waals surface area contributed by atoms with Gasteiger partial charge in [0.25, 0.3) is 0 Å². The van der Waals surface area contributed by atoms with E-state index in [2.05, 4.69) is 15.4 Å². The largest absolute Gasteiger partial charge is 0.573 e. The molecule has 1 aliphatic rings. The van der Waals surface area contributed by atoms with E-state index >= 15 is 0 Å². The highest BCUT2D eigenvalue weighted by atomic mass is 19.4. The minimum absolute atomic E-state index is 0.0380. The number of halogens is 3. The summed E-state index contributed by atoms with van der Waals surface area (Å²) in [6, 6.07) is 4.79. The minimum atomic E-state index is -4.78. The van der Waals surface area contributed by atoms with Crippen molar-refractivity contribution in [2.45, 2.75) is 32.7 Å². The second kappa shape index (κ2) is 11.5. The molecule has 0 aromatic heterocycles. The van der Waals surface area contributed by atoms with E-state index in [4.69, 9.17) is 0 Å². The van der Waals surface area contributed by atoms with E-state index in [1.165, 1.54) is 12.1 Å². The molecular weight excluding hydrogens is 455 g/mol. The molecule has 3 amide bonds. The van der Waals surface area contributed by atoms with E-state index in [1.54, 1.807) is 16.8 Å². The molecule has 12 heteroatoms. The number of amides is 3. The van der Waals surface area contributed by atoms with Crippen molar-refractivity contribution in [1.29, 1.82) is 0 Å². The fraction of sp³-hybridized carbons (Fsp3) is 0.591. The monoisotopic (exact) mass is 487 g/mol. The first-order chi connectivity index (χ1) is 15.7. The molecule has 0 bridgehead atoms. The van der Waals surface area contributed by atoms with Gasteiger partial charge in [0.1, 0.15) is 5.75 Å². The van der Waals surface area contributed by atoms with Gasteiger partial charge in [0.15, 0.2) is 0 Å². The number of likely N-dealkylation sites (N-methyl/N-ethyl adjacent to an activating group) is 1. The van der Waals surface area contributed by atoms with E-state index in [0.717, 1.165) is 12.1 Å². The average molecular weight is 488 g/mol. The number of alkyl halides is 3. The third kappa shape index (κ3) is 10.4. The smallest absolute Gasteiger partial charge is 0.406 e. The van der Waals surface area contributed by atoms with Gasteiger partial charge in [-0.15, -0.1) is 13.2 Å². The molecular formula is C22H32F3N5O4. The quantitative estimate of drug-likeness (QED) is 0.578. The van der Waals surface area contributed by atoms with Crippen molar-refractivity contribution in [1.82, 2.24) is 20.0 Å². The first-order valence-corrected chi connectivity index (χ1v) is 10.9. The van der Waals surface area contributed by atoms with E-state index in [9.17, 15) is 27.6 Å². The molecule has 0 aliphatic carbocycles. The van der Waals surface area contributed by atoms with Gasteiger partial charge in [-0.25, -0.2) is 0 Å². The van der Waals surface area contributed by atoms with Gasteiger partial charge in [0.2, 0.25) is 17.7 Å². The van der Waals surface area contributed by atoms with Crippen molar-refractivity contribution >= 4 is 23.4 Å². The van der Waals surface area contributed by atoms with Crippen LogP contribution in [0.25, 0.3) is 0 Å². The number of carbonyl (C=O) groups excluding carboxylic acids is 3. The second-order valence-corrected chi connectivity index (χ2v) is 9.25. The van der Waals surface area contributed by atoms with Gasteiger partial charge in [0.05, 0.1) is 19.6 Å². The number of hydrogen-bond donors (Lipinski definition) is 2. The van der Waals surface area contributed by atoms with Gasteiger partial charge in [-0.3, -0.25) is 24.2 Å². The maximum atomic E-state index is 12.6. The summed E-state index contributed by atoms with van der Waals surface area (Å²) in [7, 11) is 1.63. The lowest BCUT2D eigenvalue weighted by Gasteiger charge is -2.35. The van der Waals surface area contributed by atoms with Crippen LogP contribution in [0.4, 0.5) is 18.9 Å². The summed E-state index contributed by atoms with van der Waals surface area (Å²) in [6.45, 7) is 8.16. The molecule has 1 heterocycles. The molecule has 0 spiro atoms. The molecule has 0 atom stereocenters. The Bertz CT molecular complexity index is 848. The Hall–Kier alpha value is -2.86. The van der Waals surface area contributed by atoms with Crippen LogP contribution in [0.15, 0.2) is 24.3 Å². The third-order valence-electron chi connectivity index (χ3n) is 4.80. The Labute approximate surface area is 197 Å². The summed E-state index contributed by atoms with van der Waals surface area (Å²) in [5.74, 6) is -0.971. The van der Waals surface area contributed by atoms with Crippen molar-refractivity contribution in [3.63, 3.8) is 0 Å². The highest BCUT2D eigenvalue weighted by Crippen LogP contribution is 2.23. The van der Waals surface area contributed by atoms with Crippen molar-refractivity contribution in [2.75, 3.05) is 58.2 Å². The lowest BCUT2D eigenvalue weighted by atomic mass is 10.1. The SMILES string of the molecule is CN(CC(=O)Nc1ccc(OC(F)(F)F)cc1)CC(=O)N1CCN(CC(=O)NC(C)(C)C)CC1. The van der Waals surface area contributed by atoms with Crippen molar-refractivity contribution in [3.8, 4) is 5.75 Å². The number of rotatable bonds is 8. The standard InChI is InChI=1S/C22H32F3N5O4/c1-21(2,3)27-19(32)14-29-9-11-30(12-10-29)20(33)15-28(4)13-18(31)26-16-5-7-17(8-6-16)34-22(23,24)25/h5-8H,9-15H2,1-4H3,(H,26,31)(H,27,32). The van der Waals surface area contributed by atoms with Gasteiger partial charge in [-0.1, -0.05) is 0 Å². The van der Waals surface area contributed by atoms with E-state index in [-0.39, 0.29) is 42.7 Å². The van der Waals surface area contributed by atoms with Crippen LogP contribution >= 0.6 is 0 Å².